The van der Waals surface area contributed by atoms with Crippen LogP contribution in [0.5, 0.6) is 0 Å². The van der Waals surface area contributed by atoms with Crippen molar-refractivity contribution in [2.24, 2.45) is 0 Å². The summed E-state index contributed by atoms with van der Waals surface area (Å²) >= 11 is 0. The van der Waals surface area contributed by atoms with Crippen LogP contribution in [0.15, 0.2) is 122 Å². The first-order valence-electron chi connectivity index (χ1n) is 39.8. The van der Waals surface area contributed by atoms with E-state index in [4.69, 9.17) is 37.0 Å². The maximum atomic E-state index is 13.1. The minimum absolute atomic E-state index is 0.0299. The van der Waals surface area contributed by atoms with E-state index in [1.54, 1.807) is 0 Å². The maximum Gasteiger partial charge on any atom is 0.472 e. The minimum atomic E-state index is -5.00. The zero-order valence-corrected chi connectivity index (χ0v) is 65.8. The summed E-state index contributed by atoms with van der Waals surface area (Å²) in [4.78, 5) is 72.9. The van der Waals surface area contributed by atoms with Crippen molar-refractivity contribution in [2.75, 3.05) is 39.6 Å². The van der Waals surface area contributed by atoms with E-state index in [1.807, 2.05) is 18.2 Å². The Hall–Kier alpha value is -4.54. The molecule has 19 heteroatoms. The van der Waals surface area contributed by atoms with Crippen LogP contribution in [0, 0.1) is 0 Å². The molecule has 17 nitrogen and oxygen atoms in total. The number of carbonyl (C=O) groups excluding carboxylic acids is 4. The molecule has 0 radical (unpaired) electrons. The smallest absolute Gasteiger partial charge is 0.462 e. The normalized spacial score (nSPS) is 14.5. The Kier molecular flexibility index (Phi) is 71.4. The fourth-order valence-corrected chi connectivity index (χ4v) is 12.0. The number of aliphatic hydroxyl groups excluding tert-OH is 1. The number of hydrogen-bond donors (Lipinski definition) is 3. The minimum Gasteiger partial charge on any atom is -0.462 e. The van der Waals surface area contributed by atoms with E-state index in [-0.39, 0.29) is 25.7 Å². The second kappa shape index (κ2) is 74.7. The van der Waals surface area contributed by atoms with Crippen LogP contribution in [-0.2, 0) is 65.4 Å². The van der Waals surface area contributed by atoms with Crippen molar-refractivity contribution in [1.82, 2.24) is 0 Å². The fraction of sp³-hybridized carbons (Fsp3) is 0.711. The van der Waals surface area contributed by atoms with Gasteiger partial charge in [0, 0.05) is 25.7 Å². The molecule has 0 saturated carbocycles. The molecule has 0 amide bonds. The second-order valence-corrected chi connectivity index (χ2v) is 29.2. The molecule has 5 unspecified atom stereocenters. The molecule has 0 aromatic rings. The molecule has 0 rings (SSSR count). The molecular formula is C83H142O17P2. The number of ether oxygens (including phenoxy) is 4. The molecule has 3 N–H and O–H groups in total. The highest BCUT2D eigenvalue weighted by Gasteiger charge is 2.30. The Balaban J connectivity index is 5.42. The molecule has 0 aliphatic carbocycles. The third kappa shape index (κ3) is 73.8. The molecule has 586 valence electrons. The highest BCUT2D eigenvalue weighted by molar-refractivity contribution is 7.47. The topological polar surface area (TPSA) is 237 Å². The van der Waals surface area contributed by atoms with Gasteiger partial charge in [-0.1, -0.05) is 297 Å². The van der Waals surface area contributed by atoms with Gasteiger partial charge in [-0.15, -0.1) is 0 Å². The Morgan fingerprint density at radius 1 is 0.284 bits per heavy atom. The highest BCUT2D eigenvalue weighted by atomic mass is 31.2. The standard InChI is InChI=1S/C83H142O17P2/c1-5-9-13-17-21-25-29-33-36-37-38-39-42-45-48-52-56-60-64-68-81(86)94-74-79(100-83(88)70-66-62-58-54-50-46-41-35-31-27-23-19-15-11-7-3)76-98-102(91,92)96-72-77(84)71-95-101(89,90)97-75-78(99-82(87)69-65-61-57-53-49-43-32-28-24-20-16-12-8-4)73-93-80(85)67-63-59-55-51-47-44-40-34-30-26-22-18-14-10-6-2/h9,11,13,15,21,23,25,27-28,32-33,35-36,38-39,41,45,48,56,60,77-79,84H,5-8,10,12,14,16-20,22,24,26,29-31,34,37,40,42-44,46-47,49-55,57-59,61-76H2,1-4H3,(H,89,90)(H,91,92)/b13-9-,15-11-,25-21-,27-23-,32-28-,36-33-,39-38-,41-35-,48-45-,60-56-. The molecule has 0 aromatic carbocycles. The molecule has 0 aliphatic heterocycles. The lowest BCUT2D eigenvalue weighted by atomic mass is 10.0. The van der Waals surface area contributed by atoms with Gasteiger partial charge in [0.25, 0.3) is 0 Å². The van der Waals surface area contributed by atoms with Crippen LogP contribution in [0.1, 0.15) is 323 Å². The maximum absolute atomic E-state index is 13.1. The van der Waals surface area contributed by atoms with E-state index in [9.17, 15) is 43.2 Å². The molecule has 0 heterocycles. The molecule has 0 spiro atoms. The Morgan fingerprint density at radius 2 is 0.529 bits per heavy atom. The lowest BCUT2D eigenvalue weighted by molar-refractivity contribution is -0.161. The predicted molar refractivity (Wildman–Crippen MR) is 418 cm³/mol. The van der Waals surface area contributed by atoms with Gasteiger partial charge in [-0.3, -0.25) is 37.3 Å². The van der Waals surface area contributed by atoms with E-state index in [0.29, 0.717) is 32.1 Å². The Morgan fingerprint density at radius 3 is 0.863 bits per heavy atom. The van der Waals surface area contributed by atoms with E-state index in [2.05, 4.69) is 131 Å². The summed E-state index contributed by atoms with van der Waals surface area (Å²) in [5, 5.41) is 10.6. The van der Waals surface area contributed by atoms with Crippen LogP contribution in [0.25, 0.3) is 0 Å². The van der Waals surface area contributed by atoms with Gasteiger partial charge in [-0.2, -0.15) is 0 Å². The van der Waals surface area contributed by atoms with Crippen molar-refractivity contribution >= 4 is 39.5 Å². The van der Waals surface area contributed by atoms with Gasteiger partial charge in [0.15, 0.2) is 12.2 Å². The Bertz CT molecular complexity index is 2410. The first-order valence-corrected chi connectivity index (χ1v) is 42.8. The van der Waals surface area contributed by atoms with Crippen LogP contribution in [0.2, 0.25) is 0 Å². The van der Waals surface area contributed by atoms with E-state index >= 15 is 0 Å². The summed E-state index contributed by atoms with van der Waals surface area (Å²) in [6.45, 7) is 4.55. The SMILES string of the molecule is CC/C=C\C/C=C\C/C=C\C/C=C\C/C=C\C/C=C\CCC(=O)OCC(COP(=O)(O)OCC(O)COP(=O)(O)OCC(COC(=O)CCCCCCCCCCCCCCCCC)OC(=O)CCCCCCC/C=C\CCCCCC)OC(=O)CCCCCCC/C=C\C/C=C\C/C=C\CC. The largest absolute Gasteiger partial charge is 0.472 e. The quantitative estimate of drug-likeness (QED) is 0.0169. The van der Waals surface area contributed by atoms with Crippen LogP contribution in [0.4, 0.5) is 0 Å². The molecule has 5 atom stereocenters. The van der Waals surface area contributed by atoms with Gasteiger partial charge in [0.05, 0.1) is 26.4 Å². The molecule has 0 aliphatic rings. The molecule has 0 bridgehead atoms. The second-order valence-electron chi connectivity index (χ2n) is 26.2. The number of carbonyl (C=O) groups is 4. The zero-order chi connectivity index (χ0) is 74.6. The number of esters is 4. The van der Waals surface area contributed by atoms with Crippen molar-refractivity contribution in [2.45, 2.75) is 341 Å². The van der Waals surface area contributed by atoms with Crippen LogP contribution in [0.3, 0.4) is 0 Å². The number of unbranched alkanes of at least 4 members (excludes halogenated alkanes) is 28. The highest BCUT2D eigenvalue weighted by Crippen LogP contribution is 2.45. The van der Waals surface area contributed by atoms with E-state index < -0.39 is 97.5 Å². The van der Waals surface area contributed by atoms with Crippen molar-refractivity contribution in [3.63, 3.8) is 0 Å². The molecule has 102 heavy (non-hydrogen) atoms. The number of phosphoric ester groups is 2. The molecule has 0 fully saturated rings. The first kappa shape index (κ1) is 97.5. The van der Waals surface area contributed by atoms with Gasteiger partial charge in [0.1, 0.15) is 19.3 Å². The van der Waals surface area contributed by atoms with Gasteiger partial charge in [-0.05, 0) is 122 Å². The van der Waals surface area contributed by atoms with Gasteiger partial charge >= 0.3 is 39.5 Å². The number of aliphatic hydroxyl groups is 1. The zero-order valence-electron chi connectivity index (χ0n) is 64.0. The van der Waals surface area contributed by atoms with Crippen molar-refractivity contribution < 1.29 is 80.2 Å². The number of rotatable bonds is 74. The predicted octanol–water partition coefficient (Wildman–Crippen LogP) is 23.1. The molecule has 0 aromatic heterocycles. The average Bonchev–Trinajstić information content (AvgIpc) is 0.924. The lowest BCUT2D eigenvalue weighted by Gasteiger charge is -2.21. The fourth-order valence-electron chi connectivity index (χ4n) is 10.4. The van der Waals surface area contributed by atoms with Gasteiger partial charge in [-0.25, -0.2) is 9.13 Å². The average molecular weight is 1470 g/mol. The van der Waals surface area contributed by atoms with Crippen LogP contribution in [-0.4, -0.2) is 96.7 Å². The molecular weight excluding hydrogens is 1330 g/mol. The summed E-state index contributed by atoms with van der Waals surface area (Å²) in [5.74, 6) is -2.29. The third-order valence-electron chi connectivity index (χ3n) is 16.4. The molecule has 0 saturated heterocycles. The van der Waals surface area contributed by atoms with Crippen molar-refractivity contribution in [3.8, 4) is 0 Å². The van der Waals surface area contributed by atoms with Gasteiger partial charge < -0.3 is 33.8 Å². The summed E-state index contributed by atoms with van der Waals surface area (Å²) in [6, 6.07) is 0. The number of hydrogen-bond acceptors (Lipinski definition) is 15. The monoisotopic (exact) mass is 1470 g/mol. The Labute approximate surface area is 619 Å². The van der Waals surface area contributed by atoms with Gasteiger partial charge in [0.2, 0.25) is 0 Å². The summed E-state index contributed by atoms with van der Waals surface area (Å²) < 4.78 is 68.5. The van der Waals surface area contributed by atoms with E-state index in [0.717, 1.165) is 141 Å². The summed E-state index contributed by atoms with van der Waals surface area (Å²) in [7, 11) is -9.98. The third-order valence-corrected chi connectivity index (χ3v) is 18.3. The summed E-state index contributed by atoms with van der Waals surface area (Å²) in [5.41, 5.74) is 0. The summed E-state index contributed by atoms with van der Waals surface area (Å²) in [6.07, 6.45) is 81.9. The number of phosphoric acid groups is 2. The van der Waals surface area contributed by atoms with Crippen LogP contribution < -0.4 is 0 Å². The van der Waals surface area contributed by atoms with Crippen molar-refractivity contribution in [1.29, 1.82) is 0 Å². The first-order chi connectivity index (χ1) is 49.7. The number of allylic oxidation sites excluding steroid dienone is 20. The van der Waals surface area contributed by atoms with Crippen molar-refractivity contribution in [3.05, 3.63) is 122 Å². The van der Waals surface area contributed by atoms with E-state index in [1.165, 1.54) is 96.3 Å². The lowest BCUT2D eigenvalue weighted by Crippen LogP contribution is -2.30. The van der Waals surface area contributed by atoms with Crippen LogP contribution >= 0.6 is 15.6 Å².